The third-order valence-corrected chi connectivity index (χ3v) is 2.92. The Labute approximate surface area is 124 Å². The van der Waals surface area contributed by atoms with Crippen molar-refractivity contribution in [2.24, 2.45) is 5.92 Å². The van der Waals surface area contributed by atoms with Crippen LogP contribution in [-0.4, -0.2) is 23.2 Å². The predicted molar refractivity (Wildman–Crippen MR) is 81.6 cm³/mol. The second kappa shape index (κ2) is 10.0. The number of hydrogen-bond donors (Lipinski definition) is 1. The summed E-state index contributed by atoms with van der Waals surface area (Å²) in [5.41, 5.74) is 0. The van der Waals surface area contributed by atoms with E-state index in [1.165, 1.54) is 0 Å². The molecule has 0 saturated carbocycles. The van der Waals surface area contributed by atoms with Crippen molar-refractivity contribution in [3.8, 4) is 21.7 Å². The van der Waals surface area contributed by atoms with E-state index in [-0.39, 0.29) is 5.92 Å². The van der Waals surface area contributed by atoms with Crippen LogP contribution in [0.25, 0.3) is 0 Å². The van der Waals surface area contributed by atoms with Gasteiger partial charge in [0.2, 0.25) is 0 Å². The summed E-state index contributed by atoms with van der Waals surface area (Å²) in [6, 6.07) is 0. The van der Waals surface area contributed by atoms with E-state index >= 15 is 0 Å². The van der Waals surface area contributed by atoms with E-state index in [2.05, 4.69) is 49.6 Å². The molecular formula is C11H13I2NO2. The molecule has 0 fully saturated rings. The number of hydrogen-bond acceptors (Lipinski definition) is 2. The minimum Gasteiger partial charge on any atom is -0.448 e. The SMILES string of the molecule is CC#CC(COC(=O)NCC#CI)C(C)I. The molecule has 0 rings (SSSR count). The number of amides is 1. The molecule has 88 valence electrons. The van der Waals surface area contributed by atoms with E-state index in [9.17, 15) is 4.79 Å². The monoisotopic (exact) mass is 445 g/mol. The van der Waals surface area contributed by atoms with E-state index in [0.717, 1.165) is 0 Å². The second-order valence-corrected chi connectivity index (χ2v) is 5.41. The number of ether oxygens (including phenoxy) is 1. The molecule has 0 aromatic carbocycles. The Bertz CT molecular complexity index is 333. The first-order chi connectivity index (χ1) is 7.61. The van der Waals surface area contributed by atoms with Gasteiger partial charge in [0.15, 0.2) is 0 Å². The number of alkyl carbamates (subject to hydrolysis) is 1. The normalized spacial score (nSPS) is 12.2. The molecule has 0 radical (unpaired) electrons. The van der Waals surface area contributed by atoms with Crippen molar-refractivity contribution in [1.82, 2.24) is 5.32 Å². The van der Waals surface area contributed by atoms with Gasteiger partial charge in [-0.15, -0.1) is 5.92 Å². The fraction of sp³-hybridized carbons (Fsp3) is 0.545. The number of carbonyl (C=O) groups excluding carboxylic acids is 1. The van der Waals surface area contributed by atoms with Crippen LogP contribution in [-0.2, 0) is 4.74 Å². The molecule has 0 bridgehead atoms. The Morgan fingerprint density at radius 2 is 2.25 bits per heavy atom. The zero-order chi connectivity index (χ0) is 12.4. The van der Waals surface area contributed by atoms with Gasteiger partial charge in [-0.25, -0.2) is 4.79 Å². The molecule has 0 heterocycles. The Kier molecular flexibility index (Phi) is 9.94. The van der Waals surface area contributed by atoms with E-state index in [4.69, 9.17) is 4.74 Å². The smallest absolute Gasteiger partial charge is 0.407 e. The molecule has 1 N–H and O–H groups in total. The molecular weight excluding hydrogens is 432 g/mol. The molecule has 2 atom stereocenters. The molecule has 2 unspecified atom stereocenters. The Morgan fingerprint density at radius 1 is 1.56 bits per heavy atom. The van der Waals surface area contributed by atoms with Crippen LogP contribution in [0.5, 0.6) is 0 Å². The van der Waals surface area contributed by atoms with Gasteiger partial charge >= 0.3 is 6.09 Å². The summed E-state index contributed by atoms with van der Waals surface area (Å²) < 4.78 is 8.03. The first-order valence-electron chi connectivity index (χ1n) is 4.67. The maximum Gasteiger partial charge on any atom is 0.407 e. The Morgan fingerprint density at radius 3 is 2.75 bits per heavy atom. The van der Waals surface area contributed by atoms with Crippen molar-refractivity contribution in [3.63, 3.8) is 0 Å². The number of rotatable bonds is 4. The zero-order valence-electron chi connectivity index (χ0n) is 9.14. The van der Waals surface area contributed by atoms with E-state index in [1.807, 2.05) is 29.5 Å². The number of alkyl halides is 1. The Hall–Kier alpha value is -0.150. The van der Waals surface area contributed by atoms with Crippen molar-refractivity contribution < 1.29 is 9.53 Å². The van der Waals surface area contributed by atoms with Crippen LogP contribution < -0.4 is 5.32 Å². The van der Waals surface area contributed by atoms with Gasteiger partial charge in [-0.3, -0.25) is 0 Å². The fourth-order valence-corrected chi connectivity index (χ4v) is 1.42. The standard InChI is InChI=1S/C11H13I2NO2/c1-3-5-10(9(2)13)8-16-11(15)14-7-4-6-12/h9-10H,7-8H2,1-2H3,(H,14,15). The quantitative estimate of drug-likeness (QED) is 0.411. The summed E-state index contributed by atoms with van der Waals surface area (Å²) >= 11 is 4.19. The van der Waals surface area contributed by atoms with Gasteiger partial charge in [0.05, 0.1) is 12.5 Å². The molecule has 0 saturated heterocycles. The highest BCUT2D eigenvalue weighted by molar-refractivity contribution is 14.1. The van der Waals surface area contributed by atoms with Crippen LogP contribution in [0.3, 0.4) is 0 Å². The summed E-state index contributed by atoms with van der Waals surface area (Å²) in [5.74, 6) is 8.63. The lowest BCUT2D eigenvalue weighted by Crippen LogP contribution is -2.28. The van der Waals surface area contributed by atoms with Gasteiger partial charge in [-0.05, 0) is 10.9 Å². The van der Waals surface area contributed by atoms with Gasteiger partial charge < -0.3 is 10.1 Å². The molecule has 5 heteroatoms. The highest BCUT2D eigenvalue weighted by atomic mass is 127. The minimum absolute atomic E-state index is 0.0759. The molecule has 0 spiro atoms. The van der Waals surface area contributed by atoms with Crippen LogP contribution in [0.2, 0.25) is 0 Å². The first kappa shape index (κ1) is 15.9. The van der Waals surface area contributed by atoms with Crippen molar-refractivity contribution in [1.29, 1.82) is 0 Å². The third-order valence-electron chi connectivity index (χ3n) is 1.67. The van der Waals surface area contributed by atoms with E-state index < -0.39 is 6.09 Å². The summed E-state index contributed by atoms with van der Waals surface area (Å²) in [6.07, 6.45) is -0.445. The fourth-order valence-electron chi connectivity index (χ4n) is 0.841. The number of nitrogens with one attached hydrogen (secondary N) is 1. The maximum atomic E-state index is 11.2. The summed E-state index contributed by atoms with van der Waals surface area (Å²) in [4.78, 5) is 11.2. The molecule has 3 nitrogen and oxygen atoms in total. The van der Waals surface area contributed by atoms with Gasteiger partial charge in [0.1, 0.15) is 6.61 Å². The van der Waals surface area contributed by atoms with E-state index in [0.29, 0.717) is 17.1 Å². The summed E-state index contributed by atoms with van der Waals surface area (Å²) in [6.45, 7) is 4.45. The first-order valence-corrected chi connectivity index (χ1v) is 6.99. The van der Waals surface area contributed by atoms with E-state index in [1.54, 1.807) is 6.92 Å². The van der Waals surface area contributed by atoms with Crippen molar-refractivity contribution in [2.75, 3.05) is 13.2 Å². The van der Waals surface area contributed by atoms with Crippen LogP contribution in [0.1, 0.15) is 13.8 Å². The van der Waals surface area contributed by atoms with Gasteiger partial charge in [0.25, 0.3) is 0 Å². The molecule has 0 aliphatic rings. The average Bonchev–Trinajstić information content (AvgIpc) is 2.24. The summed E-state index contributed by atoms with van der Waals surface area (Å²) in [5, 5.41) is 2.53. The summed E-state index contributed by atoms with van der Waals surface area (Å²) in [7, 11) is 0. The second-order valence-electron chi connectivity index (χ2n) is 2.90. The van der Waals surface area contributed by atoms with Crippen LogP contribution in [0.4, 0.5) is 4.79 Å². The number of carbonyl (C=O) groups is 1. The van der Waals surface area contributed by atoms with Crippen LogP contribution >= 0.6 is 45.2 Å². The van der Waals surface area contributed by atoms with Gasteiger partial charge in [0, 0.05) is 26.5 Å². The maximum absolute atomic E-state index is 11.2. The van der Waals surface area contributed by atoms with Crippen molar-refractivity contribution in [3.05, 3.63) is 0 Å². The molecule has 0 aliphatic carbocycles. The number of halogens is 2. The lowest BCUT2D eigenvalue weighted by atomic mass is 10.1. The lowest BCUT2D eigenvalue weighted by molar-refractivity contribution is 0.138. The molecule has 16 heavy (non-hydrogen) atoms. The van der Waals surface area contributed by atoms with Crippen LogP contribution in [0, 0.1) is 27.6 Å². The molecule has 0 aromatic heterocycles. The lowest BCUT2D eigenvalue weighted by Gasteiger charge is -2.13. The minimum atomic E-state index is -0.445. The van der Waals surface area contributed by atoms with Crippen molar-refractivity contribution >= 4 is 51.3 Å². The highest BCUT2D eigenvalue weighted by Gasteiger charge is 2.14. The molecule has 0 aliphatic heterocycles. The molecule has 0 aromatic rings. The van der Waals surface area contributed by atoms with Gasteiger partial charge in [-0.2, -0.15) is 0 Å². The molecule has 1 amide bonds. The largest absolute Gasteiger partial charge is 0.448 e. The highest BCUT2D eigenvalue weighted by Crippen LogP contribution is 2.12. The third kappa shape index (κ3) is 8.05. The predicted octanol–water partition coefficient (Wildman–Crippen LogP) is 2.57. The van der Waals surface area contributed by atoms with Crippen LogP contribution in [0.15, 0.2) is 0 Å². The Balaban J connectivity index is 3.93. The van der Waals surface area contributed by atoms with Crippen molar-refractivity contribution in [2.45, 2.75) is 17.8 Å². The van der Waals surface area contributed by atoms with Gasteiger partial charge in [-0.1, -0.05) is 41.4 Å². The topological polar surface area (TPSA) is 38.3 Å². The average molecular weight is 445 g/mol. The zero-order valence-corrected chi connectivity index (χ0v) is 13.5.